The molecule has 0 aliphatic carbocycles. The standard InChI is InChI=1S/C8H13NSSi/c1-11(2,3)9-7-8-5-4-6-10-8/h4-7H,1-3H3/b9-7+. The molecule has 1 aromatic rings. The largest absolute Gasteiger partial charge is 0.328 e. The maximum atomic E-state index is 4.52. The molecule has 1 rings (SSSR count). The van der Waals surface area contributed by atoms with E-state index in [1.165, 1.54) is 4.88 Å². The lowest BCUT2D eigenvalue weighted by Gasteiger charge is -2.06. The average Bonchev–Trinajstić information content (AvgIpc) is 2.32. The van der Waals surface area contributed by atoms with Crippen molar-refractivity contribution in [1.82, 2.24) is 0 Å². The molecule has 0 radical (unpaired) electrons. The van der Waals surface area contributed by atoms with E-state index in [4.69, 9.17) is 0 Å². The van der Waals surface area contributed by atoms with E-state index in [1.54, 1.807) is 11.3 Å². The van der Waals surface area contributed by atoms with E-state index >= 15 is 0 Å². The van der Waals surface area contributed by atoms with E-state index in [0.29, 0.717) is 0 Å². The highest BCUT2D eigenvalue weighted by Gasteiger charge is 2.08. The van der Waals surface area contributed by atoms with Gasteiger partial charge in [-0.05, 0) is 31.1 Å². The van der Waals surface area contributed by atoms with Gasteiger partial charge in [-0.2, -0.15) is 0 Å². The van der Waals surface area contributed by atoms with Crippen LogP contribution in [-0.4, -0.2) is 14.5 Å². The second kappa shape index (κ2) is 3.32. The van der Waals surface area contributed by atoms with Gasteiger partial charge in [-0.1, -0.05) is 6.07 Å². The highest BCUT2D eigenvalue weighted by atomic mass is 32.1. The minimum Gasteiger partial charge on any atom is -0.328 e. The Bertz CT molecular complexity index is 233. The molecule has 3 heteroatoms. The minimum atomic E-state index is -1.24. The van der Waals surface area contributed by atoms with Crippen LogP contribution in [-0.2, 0) is 0 Å². The summed E-state index contributed by atoms with van der Waals surface area (Å²) in [6.07, 6.45) is 2.00. The molecular formula is C8H13NSSi. The highest BCUT2D eigenvalue weighted by molar-refractivity contribution is 7.11. The van der Waals surface area contributed by atoms with Gasteiger partial charge in [0.25, 0.3) is 0 Å². The summed E-state index contributed by atoms with van der Waals surface area (Å²) in [7, 11) is -1.24. The molecular weight excluding hydrogens is 170 g/mol. The molecule has 0 N–H and O–H groups in total. The fourth-order valence-corrected chi connectivity index (χ4v) is 1.83. The first-order chi connectivity index (χ1) is 5.08. The van der Waals surface area contributed by atoms with Crippen LogP contribution in [0.3, 0.4) is 0 Å². The molecule has 1 nitrogen and oxygen atoms in total. The second-order valence-corrected chi connectivity index (χ2v) is 9.02. The Morgan fingerprint density at radius 1 is 1.45 bits per heavy atom. The molecule has 0 fully saturated rings. The Labute approximate surface area is 72.9 Å². The van der Waals surface area contributed by atoms with Gasteiger partial charge in [0.15, 0.2) is 8.24 Å². The molecule has 0 unspecified atom stereocenters. The summed E-state index contributed by atoms with van der Waals surface area (Å²) >= 11 is 1.74. The topological polar surface area (TPSA) is 12.4 Å². The van der Waals surface area contributed by atoms with Crippen molar-refractivity contribution in [1.29, 1.82) is 0 Å². The third-order valence-corrected chi connectivity index (χ3v) is 2.83. The summed E-state index contributed by atoms with van der Waals surface area (Å²) in [6.45, 7) is 6.70. The van der Waals surface area contributed by atoms with Crippen LogP contribution < -0.4 is 0 Å². The van der Waals surface area contributed by atoms with Gasteiger partial charge < -0.3 is 4.66 Å². The number of hydrogen-bond donors (Lipinski definition) is 0. The van der Waals surface area contributed by atoms with Crippen LogP contribution in [0.4, 0.5) is 0 Å². The molecule has 0 aliphatic rings. The van der Waals surface area contributed by atoms with E-state index in [1.807, 2.05) is 6.21 Å². The maximum absolute atomic E-state index is 4.52. The summed E-state index contributed by atoms with van der Waals surface area (Å²) < 4.78 is 4.52. The molecule has 0 amide bonds. The van der Waals surface area contributed by atoms with Crippen molar-refractivity contribution in [3.05, 3.63) is 22.4 Å². The molecule has 1 heterocycles. The number of rotatable bonds is 2. The van der Waals surface area contributed by atoms with Gasteiger partial charge >= 0.3 is 0 Å². The van der Waals surface area contributed by atoms with Crippen LogP contribution in [0.15, 0.2) is 22.2 Å². The summed E-state index contributed by atoms with van der Waals surface area (Å²) in [5, 5.41) is 2.07. The van der Waals surface area contributed by atoms with Crippen molar-refractivity contribution in [3.8, 4) is 0 Å². The monoisotopic (exact) mass is 183 g/mol. The third kappa shape index (κ3) is 3.48. The normalized spacial score (nSPS) is 12.6. The Morgan fingerprint density at radius 2 is 2.18 bits per heavy atom. The fraction of sp³-hybridized carbons (Fsp3) is 0.375. The Hall–Kier alpha value is -0.413. The molecule has 11 heavy (non-hydrogen) atoms. The first-order valence-electron chi connectivity index (χ1n) is 3.67. The van der Waals surface area contributed by atoms with Gasteiger partial charge in [-0.15, -0.1) is 11.3 Å². The van der Waals surface area contributed by atoms with Gasteiger partial charge in [0.1, 0.15) is 0 Å². The molecule has 0 atom stereocenters. The van der Waals surface area contributed by atoms with E-state index in [-0.39, 0.29) is 0 Å². The van der Waals surface area contributed by atoms with E-state index in [9.17, 15) is 0 Å². The molecule has 0 saturated carbocycles. The summed E-state index contributed by atoms with van der Waals surface area (Å²) in [5.74, 6) is 0. The molecule has 60 valence electrons. The molecule has 0 aromatic carbocycles. The Morgan fingerprint density at radius 3 is 2.64 bits per heavy atom. The van der Waals surface area contributed by atoms with E-state index < -0.39 is 8.24 Å². The number of thiophene rings is 1. The SMILES string of the molecule is C[Si](C)(C)/N=C/c1cccs1. The predicted octanol–water partition coefficient (Wildman–Crippen LogP) is 3.00. The molecule has 1 aromatic heterocycles. The van der Waals surface area contributed by atoms with Gasteiger partial charge in [-0.25, -0.2) is 0 Å². The fourth-order valence-electron chi connectivity index (χ4n) is 0.622. The van der Waals surface area contributed by atoms with Crippen molar-refractivity contribution in [2.45, 2.75) is 19.6 Å². The smallest absolute Gasteiger partial charge is 0.172 e. The van der Waals surface area contributed by atoms with Crippen molar-refractivity contribution >= 4 is 25.8 Å². The number of hydrogen-bond acceptors (Lipinski definition) is 2. The van der Waals surface area contributed by atoms with Gasteiger partial charge in [0.2, 0.25) is 0 Å². The Balaban J connectivity index is 2.63. The predicted molar refractivity (Wildman–Crippen MR) is 55.3 cm³/mol. The zero-order chi connectivity index (χ0) is 8.32. The molecule has 0 spiro atoms. The maximum Gasteiger partial charge on any atom is 0.172 e. The van der Waals surface area contributed by atoms with Gasteiger partial charge in [0, 0.05) is 11.1 Å². The van der Waals surface area contributed by atoms with Crippen LogP contribution in [0.25, 0.3) is 0 Å². The zero-order valence-corrected chi connectivity index (χ0v) is 8.98. The summed E-state index contributed by atoms with van der Waals surface area (Å²) in [5.41, 5.74) is 0. The lowest BCUT2D eigenvalue weighted by Crippen LogP contribution is -2.16. The lowest BCUT2D eigenvalue weighted by atomic mass is 10.5. The van der Waals surface area contributed by atoms with Gasteiger partial charge in [0.05, 0.1) is 0 Å². The number of nitrogens with zero attached hydrogens (tertiary/aromatic N) is 1. The van der Waals surface area contributed by atoms with E-state index in [2.05, 4.69) is 41.8 Å². The van der Waals surface area contributed by atoms with Crippen molar-refractivity contribution in [2.75, 3.05) is 0 Å². The molecule has 0 saturated heterocycles. The summed E-state index contributed by atoms with van der Waals surface area (Å²) in [4.78, 5) is 1.26. The van der Waals surface area contributed by atoms with Crippen LogP contribution >= 0.6 is 11.3 Å². The molecule has 0 bridgehead atoms. The average molecular weight is 183 g/mol. The second-order valence-electron chi connectivity index (χ2n) is 3.44. The van der Waals surface area contributed by atoms with Crippen molar-refractivity contribution in [2.24, 2.45) is 4.66 Å². The molecule has 0 aliphatic heterocycles. The quantitative estimate of drug-likeness (QED) is 0.494. The van der Waals surface area contributed by atoms with Crippen LogP contribution in [0.2, 0.25) is 19.6 Å². The zero-order valence-electron chi connectivity index (χ0n) is 7.16. The van der Waals surface area contributed by atoms with Crippen LogP contribution in [0, 0.1) is 0 Å². The first kappa shape index (κ1) is 8.68. The summed E-state index contributed by atoms with van der Waals surface area (Å²) in [6, 6.07) is 4.14. The van der Waals surface area contributed by atoms with Crippen molar-refractivity contribution < 1.29 is 0 Å². The highest BCUT2D eigenvalue weighted by Crippen LogP contribution is 2.07. The van der Waals surface area contributed by atoms with Crippen LogP contribution in [0.5, 0.6) is 0 Å². The Kier molecular flexibility index (Phi) is 2.62. The van der Waals surface area contributed by atoms with Gasteiger partial charge in [-0.3, -0.25) is 0 Å². The third-order valence-electron chi connectivity index (χ3n) is 1.12. The van der Waals surface area contributed by atoms with E-state index in [0.717, 1.165) is 0 Å². The van der Waals surface area contributed by atoms with Crippen LogP contribution in [0.1, 0.15) is 4.88 Å². The lowest BCUT2D eigenvalue weighted by molar-refractivity contribution is 1.58. The first-order valence-corrected chi connectivity index (χ1v) is 7.99. The van der Waals surface area contributed by atoms with Crippen molar-refractivity contribution in [3.63, 3.8) is 0 Å². The minimum absolute atomic E-state index is 1.24.